The van der Waals surface area contributed by atoms with Crippen LogP contribution in [0.25, 0.3) is 0 Å². The topological polar surface area (TPSA) is 63.2 Å². The molecule has 0 aliphatic heterocycles. The maximum atomic E-state index is 12.0. The second-order valence-electron chi connectivity index (χ2n) is 5.01. The van der Waals surface area contributed by atoms with Gasteiger partial charge in [-0.1, -0.05) is 36.4 Å². The first-order valence-corrected chi connectivity index (χ1v) is 9.79. The van der Waals surface area contributed by atoms with E-state index in [9.17, 15) is 13.2 Å². The number of benzene rings is 1. The van der Waals surface area contributed by atoms with E-state index in [1.165, 1.54) is 0 Å². The normalized spacial score (nSPS) is 11.3. The second kappa shape index (κ2) is 8.10. The number of hydrogen-bond acceptors (Lipinski definition) is 4. The van der Waals surface area contributed by atoms with Crippen LogP contribution >= 0.6 is 11.3 Å². The summed E-state index contributed by atoms with van der Waals surface area (Å²) in [4.78, 5) is 12.8. The Hall–Kier alpha value is -1.66. The Kier molecular flexibility index (Phi) is 6.15. The summed E-state index contributed by atoms with van der Waals surface area (Å²) in [5, 5.41) is 4.65. The van der Waals surface area contributed by atoms with Gasteiger partial charge in [0, 0.05) is 17.8 Å². The van der Waals surface area contributed by atoms with E-state index in [0.29, 0.717) is 12.8 Å². The molecule has 0 radical (unpaired) electrons. The molecule has 1 N–H and O–H groups in total. The van der Waals surface area contributed by atoms with Crippen molar-refractivity contribution < 1.29 is 13.2 Å². The Morgan fingerprint density at radius 1 is 1.09 bits per heavy atom. The van der Waals surface area contributed by atoms with Gasteiger partial charge in [0.1, 0.15) is 0 Å². The number of nitrogens with one attached hydrogen (secondary N) is 1. The number of carbonyl (C=O) groups excluding carboxylic acids is 1. The molecule has 0 bridgehead atoms. The number of carbonyl (C=O) groups is 1. The van der Waals surface area contributed by atoms with Crippen molar-refractivity contribution in [2.24, 2.45) is 0 Å². The third-order valence-corrected chi connectivity index (χ3v) is 5.68. The molecule has 1 aromatic heterocycles. The summed E-state index contributed by atoms with van der Waals surface area (Å²) in [6.45, 7) is 0.165. The van der Waals surface area contributed by atoms with E-state index >= 15 is 0 Å². The van der Waals surface area contributed by atoms with Crippen LogP contribution < -0.4 is 5.32 Å². The smallest absolute Gasteiger partial charge is 0.220 e. The lowest BCUT2D eigenvalue weighted by Gasteiger charge is -2.06. The van der Waals surface area contributed by atoms with Crippen LogP contribution in [0, 0.1) is 0 Å². The van der Waals surface area contributed by atoms with E-state index in [0.717, 1.165) is 10.4 Å². The van der Waals surface area contributed by atoms with E-state index in [2.05, 4.69) is 5.32 Å². The first-order chi connectivity index (χ1) is 10.6. The molecule has 4 nitrogen and oxygen atoms in total. The monoisotopic (exact) mass is 337 g/mol. The first-order valence-electron chi connectivity index (χ1n) is 7.08. The van der Waals surface area contributed by atoms with Crippen LogP contribution in [0.15, 0.2) is 47.8 Å². The van der Waals surface area contributed by atoms with Crippen LogP contribution in [-0.2, 0) is 26.8 Å². The van der Waals surface area contributed by atoms with Gasteiger partial charge in [0.2, 0.25) is 5.91 Å². The molecule has 1 aromatic carbocycles. The molecule has 1 heterocycles. The molecule has 118 valence electrons. The number of aryl methyl sites for hydroxylation is 1. The highest BCUT2D eigenvalue weighted by atomic mass is 32.2. The standard InChI is InChI=1S/C16H19NO3S2/c18-16(9-8-15-7-4-11-21-15)17-10-12-22(19,20)13-14-5-2-1-3-6-14/h1-7,11H,8-10,12-13H2,(H,17,18). The van der Waals surface area contributed by atoms with E-state index in [4.69, 9.17) is 0 Å². The molecule has 0 aliphatic carbocycles. The maximum Gasteiger partial charge on any atom is 0.220 e. The minimum absolute atomic E-state index is 0.0128. The Morgan fingerprint density at radius 2 is 1.86 bits per heavy atom. The average molecular weight is 337 g/mol. The Bertz CT molecular complexity index is 679. The van der Waals surface area contributed by atoms with Crippen LogP contribution in [0.5, 0.6) is 0 Å². The molecule has 0 saturated heterocycles. The lowest BCUT2D eigenvalue weighted by molar-refractivity contribution is -0.120. The van der Waals surface area contributed by atoms with Gasteiger partial charge < -0.3 is 5.32 Å². The Morgan fingerprint density at radius 3 is 2.55 bits per heavy atom. The second-order valence-corrected chi connectivity index (χ2v) is 8.22. The first kappa shape index (κ1) is 16.7. The van der Waals surface area contributed by atoms with E-state index in [-0.39, 0.29) is 24.0 Å². The predicted molar refractivity (Wildman–Crippen MR) is 89.6 cm³/mol. The van der Waals surface area contributed by atoms with Gasteiger partial charge in [0.25, 0.3) is 0 Å². The molecule has 0 atom stereocenters. The highest BCUT2D eigenvalue weighted by Gasteiger charge is 2.12. The molecular formula is C16H19NO3S2. The minimum atomic E-state index is -3.20. The molecule has 2 aromatic rings. The molecule has 6 heteroatoms. The molecule has 0 aliphatic rings. The van der Waals surface area contributed by atoms with Crippen molar-refractivity contribution in [2.45, 2.75) is 18.6 Å². The van der Waals surface area contributed by atoms with Gasteiger partial charge in [0.15, 0.2) is 9.84 Å². The van der Waals surface area contributed by atoms with Crippen LogP contribution in [0.1, 0.15) is 16.9 Å². The summed E-state index contributed by atoms with van der Waals surface area (Å²) in [5.41, 5.74) is 0.770. The molecule has 0 unspecified atom stereocenters. The van der Waals surface area contributed by atoms with Crippen molar-refractivity contribution >= 4 is 27.1 Å². The van der Waals surface area contributed by atoms with E-state index in [1.54, 1.807) is 23.5 Å². The van der Waals surface area contributed by atoms with Gasteiger partial charge in [-0.3, -0.25) is 4.79 Å². The van der Waals surface area contributed by atoms with Gasteiger partial charge >= 0.3 is 0 Å². The molecule has 1 amide bonds. The zero-order valence-electron chi connectivity index (χ0n) is 12.2. The van der Waals surface area contributed by atoms with Crippen LogP contribution in [0.2, 0.25) is 0 Å². The fraction of sp³-hybridized carbons (Fsp3) is 0.312. The molecule has 0 fully saturated rings. The summed E-state index contributed by atoms with van der Waals surface area (Å²) in [5.74, 6) is -0.130. The summed E-state index contributed by atoms with van der Waals surface area (Å²) in [7, 11) is -3.20. The van der Waals surface area contributed by atoms with Gasteiger partial charge in [-0.25, -0.2) is 8.42 Å². The Labute approximate surface area is 135 Å². The zero-order chi connectivity index (χ0) is 15.8. The predicted octanol–water partition coefficient (Wildman–Crippen LogP) is 2.41. The largest absolute Gasteiger partial charge is 0.355 e. The Balaban J connectivity index is 1.69. The number of thiophene rings is 1. The highest BCUT2D eigenvalue weighted by molar-refractivity contribution is 7.90. The van der Waals surface area contributed by atoms with E-state index < -0.39 is 9.84 Å². The van der Waals surface area contributed by atoms with E-state index in [1.807, 2.05) is 35.7 Å². The summed E-state index contributed by atoms with van der Waals surface area (Å²) in [6, 6.07) is 13.0. The molecular weight excluding hydrogens is 318 g/mol. The average Bonchev–Trinajstić information content (AvgIpc) is 2.99. The van der Waals surface area contributed by atoms with Crippen molar-refractivity contribution in [3.05, 3.63) is 58.3 Å². The van der Waals surface area contributed by atoms with Crippen LogP contribution in [0.4, 0.5) is 0 Å². The lowest BCUT2D eigenvalue weighted by atomic mass is 10.2. The third kappa shape index (κ3) is 5.99. The van der Waals surface area contributed by atoms with Crippen LogP contribution in [0.3, 0.4) is 0 Å². The molecule has 0 spiro atoms. The number of amides is 1. The number of hydrogen-bond donors (Lipinski definition) is 1. The van der Waals surface area contributed by atoms with Gasteiger partial charge in [-0.15, -0.1) is 11.3 Å². The summed E-state index contributed by atoms with van der Waals surface area (Å²) in [6.07, 6.45) is 1.08. The van der Waals surface area contributed by atoms with Gasteiger partial charge in [0.05, 0.1) is 11.5 Å². The minimum Gasteiger partial charge on any atom is -0.355 e. The van der Waals surface area contributed by atoms with Crippen molar-refractivity contribution in [2.75, 3.05) is 12.3 Å². The van der Waals surface area contributed by atoms with Gasteiger partial charge in [-0.05, 0) is 23.4 Å². The number of sulfone groups is 1. The van der Waals surface area contributed by atoms with Crippen LogP contribution in [-0.4, -0.2) is 26.6 Å². The fourth-order valence-electron chi connectivity index (χ4n) is 2.03. The molecule has 0 saturated carbocycles. The quantitative estimate of drug-likeness (QED) is 0.804. The fourth-order valence-corrected chi connectivity index (χ4v) is 3.99. The zero-order valence-corrected chi connectivity index (χ0v) is 13.8. The summed E-state index contributed by atoms with van der Waals surface area (Å²) < 4.78 is 24.0. The van der Waals surface area contributed by atoms with Crippen molar-refractivity contribution in [3.8, 4) is 0 Å². The number of rotatable bonds is 8. The van der Waals surface area contributed by atoms with Crippen molar-refractivity contribution in [1.29, 1.82) is 0 Å². The van der Waals surface area contributed by atoms with Gasteiger partial charge in [-0.2, -0.15) is 0 Å². The van der Waals surface area contributed by atoms with Crippen molar-refractivity contribution in [1.82, 2.24) is 5.32 Å². The lowest BCUT2D eigenvalue weighted by Crippen LogP contribution is -2.29. The highest BCUT2D eigenvalue weighted by Crippen LogP contribution is 2.10. The molecule has 2 rings (SSSR count). The van der Waals surface area contributed by atoms with Crippen molar-refractivity contribution in [3.63, 3.8) is 0 Å². The third-order valence-electron chi connectivity index (χ3n) is 3.14. The molecule has 22 heavy (non-hydrogen) atoms. The SMILES string of the molecule is O=C(CCc1cccs1)NCCS(=O)(=O)Cc1ccccc1. The maximum absolute atomic E-state index is 12.0. The summed E-state index contributed by atoms with van der Waals surface area (Å²) >= 11 is 1.62.